The van der Waals surface area contributed by atoms with Crippen LogP contribution in [0.5, 0.6) is 0 Å². The summed E-state index contributed by atoms with van der Waals surface area (Å²) in [6.45, 7) is 8.18. The lowest BCUT2D eigenvalue weighted by Crippen LogP contribution is -2.33. The molecule has 0 amide bonds. The number of halogens is 2. The third-order valence-corrected chi connectivity index (χ3v) is 6.70. The minimum Gasteiger partial charge on any atom is -0.310 e. The van der Waals surface area contributed by atoms with E-state index in [0.717, 1.165) is 24.3 Å². The number of thiophene rings is 1. The molecule has 0 aliphatic heterocycles. The van der Waals surface area contributed by atoms with Gasteiger partial charge in [-0.3, -0.25) is 0 Å². The Bertz CT molecular complexity index is 422. The standard InChI is InChI=1S/C16H25Br2NS/c1-4-5-19-15(13-9-14(17)20-16(13)18)12-7-10(2)6-11(3)8-12/h9-12,15,19H,4-8H2,1-3H3. The van der Waals surface area contributed by atoms with Gasteiger partial charge in [-0.1, -0.05) is 20.8 Å². The Morgan fingerprint density at radius 1 is 1.25 bits per heavy atom. The van der Waals surface area contributed by atoms with Gasteiger partial charge in [0.15, 0.2) is 0 Å². The van der Waals surface area contributed by atoms with Gasteiger partial charge >= 0.3 is 0 Å². The van der Waals surface area contributed by atoms with E-state index in [1.807, 2.05) is 0 Å². The lowest BCUT2D eigenvalue weighted by Gasteiger charge is -2.37. The lowest BCUT2D eigenvalue weighted by molar-refractivity contribution is 0.176. The average Bonchev–Trinajstić information content (AvgIpc) is 2.68. The predicted octanol–water partition coefficient (Wildman–Crippen LogP) is 6.39. The van der Waals surface area contributed by atoms with E-state index in [4.69, 9.17) is 0 Å². The molecule has 1 nitrogen and oxygen atoms in total. The quantitative estimate of drug-likeness (QED) is 0.579. The molecule has 20 heavy (non-hydrogen) atoms. The molecule has 114 valence electrons. The molecule has 1 saturated carbocycles. The Morgan fingerprint density at radius 2 is 1.90 bits per heavy atom. The highest BCUT2D eigenvalue weighted by molar-refractivity contribution is 9.12. The van der Waals surface area contributed by atoms with Crippen LogP contribution in [-0.2, 0) is 0 Å². The number of nitrogens with one attached hydrogen (secondary N) is 1. The molecule has 2 rings (SSSR count). The summed E-state index contributed by atoms with van der Waals surface area (Å²) in [6.07, 6.45) is 5.29. The van der Waals surface area contributed by atoms with Crippen molar-refractivity contribution in [2.75, 3.05) is 6.54 Å². The van der Waals surface area contributed by atoms with E-state index in [-0.39, 0.29) is 0 Å². The first kappa shape index (κ1) is 17.0. The largest absolute Gasteiger partial charge is 0.310 e. The second-order valence-corrected chi connectivity index (χ2v) is 10.1. The van der Waals surface area contributed by atoms with E-state index in [1.165, 1.54) is 38.8 Å². The normalized spacial score (nSPS) is 28.6. The Balaban J connectivity index is 2.20. The molecule has 3 unspecified atom stereocenters. The van der Waals surface area contributed by atoms with Crippen molar-refractivity contribution in [1.82, 2.24) is 5.32 Å². The summed E-state index contributed by atoms with van der Waals surface area (Å²) in [5, 5.41) is 3.81. The van der Waals surface area contributed by atoms with Crippen LogP contribution < -0.4 is 5.32 Å². The Kier molecular flexibility index (Phi) is 6.58. The molecule has 1 aromatic rings. The molecule has 0 saturated heterocycles. The van der Waals surface area contributed by atoms with Gasteiger partial charge in [0.1, 0.15) is 0 Å². The van der Waals surface area contributed by atoms with Crippen molar-refractivity contribution in [1.29, 1.82) is 0 Å². The molecule has 1 aliphatic rings. The lowest BCUT2D eigenvalue weighted by atomic mass is 9.72. The summed E-state index contributed by atoms with van der Waals surface area (Å²) in [5.74, 6) is 2.48. The maximum Gasteiger partial charge on any atom is 0.0758 e. The van der Waals surface area contributed by atoms with Crippen LogP contribution >= 0.6 is 43.2 Å². The number of hydrogen-bond donors (Lipinski definition) is 1. The molecule has 0 spiro atoms. The summed E-state index contributed by atoms with van der Waals surface area (Å²) in [4.78, 5) is 0. The fourth-order valence-electron chi connectivity index (χ4n) is 3.68. The first-order chi connectivity index (χ1) is 9.51. The monoisotopic (exact) mass is 421 g/mol. The summed E-state index contributed by atoms with van der Waals surface area (Å²) < 4.78 is 2.50. The second kappa shape index (κ2) is 7.75. The maximum atomic E-state index is 3.81. The fraction of sp³-hybridized carbons (Fsp3) is 0.750. The van der Waals surface area contributed by atoms with Gasteiger partial charge in [0.2, 0.25) is 0 Å². The second-order valence-electron chi connectivity index (χ2n) is 6.39. The van der Waals surface area contributed by atoms with Crippen LogP contribution in [-0.4, -0.2) is 6.54 Å². The highest BCUT2D eigenvalue weighted by atomic mass is 79.9. The fourth-order valence-corrected chi connectivity index (χ4v) is 6.61. The Morgan fingerprint density at radius 3 is 2.40 bits per heavy atom. The molecule has 0 aromatic carbocycles. The zero-order valence-corrected chi connectivity index (χ0v) is 16.6. The third-order valence-electron chi connectivity index (χ3n) is 4.32. The highest BCUT2D eigenvalue weighted by Gasteiger charge is 2.32. The van der Waals surface area contributed by atoms with Gasteiger partial charge in [-0.15, -0.1) is 11.3 Å². The van der Waals surface area contributed by atoms with E-state index in [1.54, 1.807) is 11.3 Å². The van der Waals surface area contributed by atoms with Crippen molar-refractivity contribution in [3.05, 3.63) is 19.2 Å². The van der Waals surface area contributed by atoms with Gasteiger partial charge in [0.05, 0.1) is 7.57 Å². The van der Waals surface area contributed by atoms with Crippen molar-refractivity contribution in [3.8, 4) is 0 Å². The molecule has 4 heteroatoms. The van der Waals surface area contributed by atoms with Crippen LogP contribution in [0.1, 0.15) is 58.1 Å². The van der Waals surface area contributed by atoms with Crippen LogP contribution in [0.25, 0.3) is 0 Å². The average molecular weight is 423 g/mol. The molecule has 0 bridgehead atoms. The minimum atomic E-state index is 0.497. The third kappa shape index (κ3) is 4.31. The van der Waals surface area contributed by atoms with Crippen molar-refractivity contribution >= 4 is 43.2 Å². The number of hydrogen-bond acceptors (Lipinski definition) is 2. The van der Waals surface area contributed by atoms with Crippen LogP contribution in [0.3, 0.4) is 0 Å². The Hall–Kier alpha value is 0.620. The minimum absolute atomic E-state index is 0.497. The van der Waals surface area contributed by atoms with Crippen LogP contribution in [0.15, 0.2) is 13.6 Å². The molecule has 1 aliphatic carbocycles. The van der Waals surface area contributed by atoms with Gasteiger partial charge in [-0.2, -0.15) is 0 Å². The Labute approximate surface area is 144 Å². The molecule has 0 radical (unpaired) electrons. The van der Waals surface area contributed by atoms with Gasteiger partial charge < -0.3 is 5.32 Å². The molecule has 1 fully saturated rings. The van der Waals surface area contributed by atoms with Crippen LogP contribution in [0.2, 0.25) is 0 Å². The van der Waals surface area contributed by atoms with E-state index in [0.29, 0.717) is 6.04 Å². The summed E-state index contributed by atoms with van der Waals surface area (Å²) in [7, 11) is 0. The molecule has 1 N–H and O–H groups in total. The van der Waals surface area contributed by atoms with E-state index < -0.39 is 0 Å². The molecule has 1 aromatic heterocycles. The predicted molar refractivity (Wildman–Crippen MR) is 96.4 cm³/mol. The SMILES string of the molecule is CCCNC(c1cc(Br)sc1Br)C1CC(C)CC(C)C1. The first-order valence-corrected chi connectivity index (χ1v) is 10.1. The summed E-state index contributed by atoms with van der Waals surface area (Å²) in [5.41, 5.74) is 1.45. The zero-order chi connectivity index (χ0) is 14.7. The highest BCUT2D eigenvalue weighted by Crippen LogP contribution is 2.44. The summed E-state index contributed by atoms with van der Waals surface area (Å²) in [6, 6.07) is 2.79. The van der Waals surface area contributed by atoms with Crippen molar-refractivity contribution < 1.29 is 0 Å². The molecule has 3 atom stereocenters. The summed E-state index contributed by atoms with van der Waals surface area (Å²) >= 11 is 9.17. The molecule has 1 heterocycles. The smallest absolute Gasteiger partial charge is 0.0758 e. The van der Waals surface area contributed by atoms with Crippen molar-refractivity contribution in [2.45, 2.75) is 52.5 Å². The van der Waals surface area contributed by atoms with E-state index >= 15 is 0 Å². The zero-order valence-electron chi connectivity index (χ0n) is 12.6. The van der Waals surface area contributed by atoms with Crippen LogP contribution in [0.4, 0.5) is 0 Å². The van der Waals surface area contributed by atoms with Gasteiger partial charge in [-0.05, 0) is 93.5 Å². The van der Waals surface area contributed by atoms with Crippen LogP contribution in [0, 0.1) is 17.8 Å². The number of rotatable bonds is 5. The van der Waals surface area contributed by atoms with Gasteiger partial charge in [0.25, 0.3) is 0 Å². The van der Waals surface area contributed by atoms with E-state index in [9.17, 15) is 0 Å². The van der Waals surface area contributed by atoms with E-state index in [2.05, 4.69) is 64.0 Å². The van der Waals surface area contributed by atoms with Crippen molar-refractivity contribution in [2.24, 2.45) is 17.8 Å². The van der Waals surface area contributed by atoms with Gasteiger partial charge in [-0.25, -0.2) is 0 Å². The topological polar surface area (TPSA) is 12.0 Å². The molecular weight excluding hydrogens is 398 g/mol. The first-order valence-electron chi connectivity index (χ1n) is 7.69. The van der Waals surface area contributed by atoms with Gasteiger partial charge in [0, 0.05) is 6.04 Å². The maximum absolute atomic E-state index is 3.81. The van der Waals surface area contributed by atoms with Crippen molar-refractivity contribution in [3.63, 3.8) is 0 Å². The molecular formula is C16H25Br2NS.